The van der Waals surface area contributed by atoms with Gasteiger partial charge in [-0.3, -0.25) is 4.79 Å². The zero-order valence-corrected chi connectivity index (χ0v) is 18.1. The molecule has 134 valence electrons. The minimum atomic E-state index is -2.67. The molecule has 0 saturated carbocycles. The first-order valence-corrected chi connectivity index (χ1v) is 11.8. The van der Waals surface area contributed by atoms with E-state index in [1.807, 2.05) is 36.4 Å². The van der Waals surface area contributed by atoms with Crippen molar-refractivity contribution in [2.45, 2.75) is 38.3 Å². The van der Waals surface area contributed by atoms with Crippen molar-refractivity contribution in [1.82, 2.24) is 0 Å². The van der Waals surface area contributed by atoms with Gasteiger partial charge >= 0.3 is 5.97 Å². The quantitative estimate of drug-likeness (QED) is 0.382. The standard InChI is InChI=1S/C20H25IO3Si/c1-20(2,3)25(17-10-6-4-7-11-17,18-12-8-5-9-13-18)24-16(15-21)14-19(22)23/h4-13,16H,14-15H2,1-3H3,(H,22,23)/t16-/m0/s1. The Morgan fingerprint density at radius 1 is 1.04 bits per heavy atom. The van der Waals surface area contributed by atoms with E-state index in [4.69, 9.17) is 4.43 Å². The number of rotatable bonds is 7. The summed E-state index contributed by atoms with van der Waals surface area (Å²) < 4.78 is 7.43. The highest BCUT2D eigenvalue weighted by atomic mass is 127. The number of halogens is 1. The van der Waals surface area contributed by atoms with E-state index >= 15 is 0 Å². The number of carboxylic acids is 1. The highest BCUT2D eigenvalue weighted by Gasteiger charge is 2.51. The van der Waals surface area contributed by atoms with Crippen molar-refractivity contribution in [3.63, 3.8) is 0 Å². The van der Waals surface area contributed by atoms with Gasteiger partial charge in [-0.05, 0) is 15.4 Å². The smallest absolute Gasteiger partial charge is 0.305 e. The first-order valence-electron chi connectivity index (χ1n) is 8.38. The summed E-state index contributed by atoms with van der Waals surface area (Å²) in [6, 6.07) is 20.6. The van der Waals surface area contributed by atoms with Crippen LogP contribution in [-0.2, 0) is 9.22 Å². The van der Waals surface area contributed by atoms with Crippen LogP contribution >= 0.6 is 22.6 Å². The summed E-state index contributed by atoms with van der Waals surface area (Å²) in [4.78, 5) is 11.3. The Morgan fingerprint density at radius 2 is 1.48 bits per heavy atom. The highest BCUT2D eigenvalue weighted by Crippen LogP contribution is 2.38. The lowest BCUT2D eigenvalue weighted by Crippen LogP contribution is -2.68. The first-order chi connectivity index (χ1) is 11.8. The van der Waals surface area contributed by atoms with E-state index in [0.717, 1.165) is 0 Å². The molecule has 0 amide bonds. The molecule has 0 aliphatic carbocycles. The lowest BCUT2D eigenvalue weighted by molar-refractivity contribution is -0.138. The van der Waals surface area contributed by atoms with Crippen molar-refractivity contribution >= 4 is 47.3 Å². The van der Waals surface area contributed by atoms with Crippen LogP contribution in [0.1, 0.15) is 27.2 Å². The van der Waals surface area contributed by atoms with Gasteiger partial charge in [0.15, 0.2) is 0 Å². The Kier molecular flexibility index (Phi) is 6.82. The maximum atomic E-state index is 11.3. The lowest BCUT2D eigenvalue weighted by atomic mass is 10.2. The van der Waals surface area contributed by atoms with E-state index in [0.29, 0.717) is 4.43 Å². The van der Waals surface area contributed by atoms with E-state index in [-0.39, 0.29) is 17.6 Å². The van der Waals surface area contributed by atoms with Gasteiger partial charge in [-0.25, -0.2) is 0 Å². The lowest BCUT2D eigenvalue weighted by Gasteiger charge is -2.44. The molecule has 2 aromatic rings. The summed E-state index contributed by atoms with van der Waals surface area (Å²) in [5.41, 5.74) is 0. The third-order valence-electron chi connectivity index (χ3n) is 4.33. The van der Waals surface area contributed by atoms with Crippen LogP contribution in [0.25, 0.3) is 0 Å². The topological polar surface area (TPSA) is 46.5 Å². The van der Waals surface area contributed by atoms with Crippen molar-refractivity contribution in [3.05, 3.63) is 60.7 Å². The van der Waals surface area contributed by atoms with Crippen LogP contribution in [0, 0.1) is 0 Å². The second kappa shape index (κ2) is 8.47. The molecule has 1 atom stereocenters. The summed E-state index contributed by atoms with van der Waals surface area (Å²) in [7, 11) is -2.67. The number of benzene rings is 2. The average molecular weight is 468 g/mol. The van der Waals surface area contributed by atoms with Gasteiger partial charge in [-0.1, -0.05) is 104 Å². The van der Waals surface area contributed by atoms with E-state index in [1.165, 1.54) is 10.4 Å². The first kappa shape index (κ1) is 20.1. The van der Waals surface area contributed by atoms with E-state index < -0.39 is 14.3 Å². The zero-order chi connectivity index (χ0) is 18.5. The second-order valence-electron chi connectivity index (χ2n) is 7.16. The molecule has 0 fully saturated rings. The average Bonchev–Trinajstić information content (AvgIpc) is 2.58. The van der Waals surface area contributed by atoms with Crippen molar-refractivity contribution in [3.8, 4) is 0 Å². The van der Waals surface area contributed by atoms with Crippen LogP contribution in [0.2, 0.25) is 5.04 Å². The minimum absolute atomic E-state index is 0.0213. The van der Waals surface area contributed by atoms with Gasteiger partial charge in [0.2, 0.25) is 0 Å². The molecule has 0 heterocycles. The van der Waals surface area contributed by atoms with Crippen LogP contribution in [0.4, 0.5) is 0 Å². The molecule has 0 aromatic heterocycles. The maximum Gasteiger partial charge on any atom is 0.305 e. The van der Waals surface area contributed by atoms with E-state index in [2.05, 4.69) is 67.6 Å². The molecule has 2 rings (SSSR count). The number of hydrogen-bond donors (Lipinski definition) is 1. The van der Waals surface area contributed by atoms with Crippen LogP contribution in [0.15, 0.2) is 60.7 Å². The minimum Gasteiger partial charge on any atom is -0.481 e. The fourth-order valence-corrected chi connectivity index (χ4v) is 8.78. The van der Waals surface area contributed by atoms with Gasteiger partial charge in [-0.15, -0.1) is 0 Å². The number of alkyl halides is 1. The highest BCUT2D eigenvalue weighted by molar-refractivity contribution is 14.1. The SMILES string of the molecule is CC(C)(C)[Si](O[C@H](CI)CC(=O)O)(c1ccccc1)c1ccccc1. The molecule has 0 radical (unpaired) electrons. The largest absolute Gasteiger partial charge is 0.481 e. The Labute approximate surface area is 164 Å². The molecule has 0 saturated heterocycles. The third kappa shape index (κ3) is 4.51. The molecule has 0 spiro atoms. The van der Waals surface area contributed by atoms with Crippen LogP contribution in [0.5, 0.6) is 0 Å². The van der Waals surface area contributed by atoms with Gasteiger partial charge in [-0.2, -0.15) is 0 Å². The fourth-order valence-electron chi connectivity index (χ4n) is 3.26. The fraction of sp³-hybridized carbons (Fsp3) is 0.350. The molecule has 3 nitrogen and oxygen atoms in total. The van der Waals surface area contributed by atoms with Crippen molar-refractivity contribution in [1.29, 1.82) is 0 Å². The predicted octanol–water partition coefficient (Wildman–Crippen LogP) is 3.84. The summed E-state index contributed by atoms with van der Waals surface area (Å²) in [6.07, 6.45) is -0.294. The summed E-state index contributed by atoms with van der Waals surface area (Å²) >= 11 is 2.22. The molecule has 5 heteroatoms. The van der Waals surface area contributed by atoms with Gasteiger partial charge < -0.3 is 9.53 Å². The molecule has 25 heavy (non-hydrogen) atoms. The van der Waals surface area contributed by atoms with Gasteiger partial charge in [0.05, 0.1) is 12.5 Å². The molecule has 0 aliphatic rings. The molecule has 1 N–H and O–H groups in total. The molecular formula is C20H25IO3Si. The zero-order valence-electron chi connectivity index (χ0n) is 14.9. The molecule has 2 aromatic carbocycles. The number of aliphatic carboxylic acids is 1. The van der Waals surface area contributed by atoms with Gasteiger partial charge in [0, 0.05) is 4.43 Å². The van der Waals surface area contributed by atoms with Crippen LogP contribution < -0.4 is 10.4 Å². The van der Waals surface area contributed by atoms with Gasteiger partial charge in [0.1, 0.15) is 0 Å². The Bertz CT molecular complexity index is 644. The van der Waals surface area contributed by atoms with Crippen molar-refractivity contribution in [2.75, 3.05) is 4.43 Å². The van der Waals surface area contributed by atoms with E-state index in [9.17, 15) is 9.90 Å². The maximum absolute atomic E-state index is 11.3. The number of carboxylic acid groups (broad SMARTS) is 1. The third-order valence-corrected chi connectivity index (χ3v) is 10.4. The molecule has 0 aliphatic heterocycles. The van der Waals surface area contributed by atoms with Crippen molar-refractivity contribution < 1.29 is 14.3 Å². The second-order valence-corrected chi connectivity index (χ2v) is 12.3. The Morgan fingerprint density at radius 3 is 1.80 bits per heavy atom. The van der Waals surface area contributed by atoms with E-state index in [1.54, 1.807) is 0 Å². The molecule has 0 unspecified atom stereocenters. The van der Waals surface area contributed by atoms with Crippen LogP contribution in [-0.4, -0.2) is 29.9 Å². The summed E-state index contributed by atoms with van der Waals surface area (Å²) in [5, 5.41) is 11.5. The monoisotopic (exact) mass is 468 g/mol. The number of carbonyl (C=O) groups is 1. The molecular weight excluding hydrogens is 443 g/mol. The van der Waals surface area contributed by atoms with Gasteiger partial charge in [0.25, 0.3) is 8.32 Å². The summed E-state index contributed by atoms with van der Waals surface area (Å²) in [5.74, 6) is -0.820. The normalized spacial score (nSPS) is 13.4. The van der Waals surface area contributed by atoms with Crippen LogP contribution in [0.3, 0.4) is 0 Å². The Hall–Kier alpha value is -1.18. The summed E-state index contributed by atoms with van der Waals surface area (Å²) in [6.45, 7) is 6.60. The predicted molar refractivity (Wildman–Crippen MR) is 114 cm³/mol. The molecule has 0 bridgehead atoms. The Balaban J connectivity index is 2.66. The van der Waals surface area contributed by atoms with Crippen molar-refractivity contribution in [2.24, 2.45) is 0 Å². The number of hydrogen-bond acceptors (Lipinski definition) is 2.